The van der Waals surface area contributed by atoms with Crippen molar-refractivity contribution in [3.63, 3.8) is 0 Å². The molecule has 0 spiro atoms. The lowest BCUT2D eigenvalue weighted by molar-refractivity contribution is -0.123. The van der Waals surface area contributed by atoms with Crippen molar-refractivity contribution in [1.29, 1.82) is 0 Å². The van der Waals surface area contributed by atoms with Gasteiger partial charge in [-0.05, 0) is 45.3 Å². The summed E-state index contributed by atoms with van der Waals surface area (Å²) >= 11 is 0. The molecule has 23 heavy (non-hydrogen) atoms. The standard InChI is InChI=1S/C18H27N3O2/c1-21-11-4-3-7-15(21)12-16(22)20-18(8-9-18)13-14-6-5-10-19-17(14)23-2/h5-6,10,15H,3-4,7-9,11-13H2,1-2H3,(H,20,22). The van der Waals surface area contributed by atoms with Gasteiger partial charge in [-0.2, -0.15) is 0 Å². The second kappa shape index (κ2) is 6.87. The summed E-state index contributed by atoms with van der Waals surface area (Å²) in [6, 6.07) is 4.35. The summed E-state index contributed by atoms with van der Waals surface area (Å²) in [5, 5.41) is 3.29. The van der Waals surface area contributed by atoms with Crippen LogP contribution in [0.4, 0.5) is 0 Å². The van der Waals surface area contributed by atoms with Crippen LogP contribution in [0.3, 0.4) is 0 Å². The number of carbonyl (C=O) groups is 1. The number of amides is 1. The van der Waals surface area contributed by atoms with Gasteiger partial charge in [0, 0.05) is 36.2 Å². The van der Waals surface area contributed by atoms with Crippen LogP contribution in [0.1, 0.15) is 44.1 Å². The molecule has 1 N–H and O–H groups in total. The first-order valence-electron chi connectivity index (χ1n) is 8.61. The van der Waals surface area contributed by atoms with Crippen molar-refractivity contribution in [2.45, 2.75) is 56.5 Å². The SMILES string of the molecule is COc1ncccc1CC1(NC(=O)CC2CCCCN2C)CC1. The fourth-order valence-electron chi connectivity index (χ4n) is 3.57. The number of likely N-dealkylation sites (tertiary alicyclic amines) is 1. The van der Waals surface area contributed by atoms with E-state index in [1.165, 1.54) is 12.8 Å². The molecular formula is C18H27N3O2. The van der Waals surface area contributed by atoms with Crippen molar-refractivity contribution in [1.82, 2.24) is 15.2 Å². The van der Waals surface area contributed by atoms with Crippen LogP contribution >= 0.6 is 0 Å². The average molecular weight is 317 g/mol. The van der Waals surface area contributed by atoms with E-state index in [0.29, 0.717) is 18.3 Å². The van der Waals surface area contributed by atoms with Gasteiger partial charge in [0.1, 0.15) is 0 Å². The summed E-state index contributed by atoms with van der Waals surface area (Å²) in [6.45, 7) is 1.11. The number of pyridine rings is 1. The summed E-state index contributed by atoms with van der Waals surface area (Å²) in [6.07, 6.45) is 8.85. The van der Waals surface area contributed by atoms with Crippen LogP contribution in [0, 0.1) is 0 Å². The molecule has 1 saturated heterocycles. The minimum atomic E-state index is -0.0827. The number of nitrogens with zero attached hydrogens (tertiary/aromatic N) is 2. The summed E-state index contributed by atoms with van der Waals surface area (Å²) in [7, 11) is 3.77. The Morgan fingerprint density at radius 2 is 2.30 bits per heavy atom. The number of hydrogen-bond acceptors (Lipinski definition) is 4. The number of methoxy groups -OCH3 is 1. The number of carbonyl (C=O) groups excluding carboxylic acids is 1. The highest BCUT2D eigenvalue weighted by atomic mass is 16.5. The van der Waals surface area contributed by atoms with Crippen LogP contribution in [-0.4, -0.2) is 48.1 Å². The largest absolute Gasteiger partial charge is 0.481 e. The lowest BCUT2D eigenvalue weighted by Crippen LogP contribution is -2.44. The third-order valence-corrected chi connectivity index (χ3v) is 5.17. The Morgan fingerprint density at radius 3 is 3.00 bits per heavy atom. The molecule has 2 fully saturated rings. The monoisotopic (exact) mass is 317 g/mol. The number of ether oxygens (including phenoxy) is 1. The number of rotatable bonds is 6. The van der Waals surface area contributed by atoms with E-state index < -0.39 is 0 Å². The van der Waals surface area contributed by atoms with E-state index in [1.807, 2.05) is 12.1 Å². The zero-order valence-corrected chi connectivity index (χ0v) is 14.2. The second-order valence-electron chi connectivity index (χ2n) is 7.01. The minimum Gasteiger partial charge on any atom is -0.481 e. The van der Waals surface area contributed by atoms with E-state index in [-0.39, 0.29) is 11.4 Å². The molecule has 3 rings (SSSR count). The van der Waals surface area contributed by atoms with Gasteiger partial charge in [0.2, 0.25) is 11.8 Å². The first kappa shape index (κ1) is 16.2. The second-order valence-corrected chi connectivity index (χ2v) is 7.01. The van der Waals surface area contributed by atoms with Crippen molar-refractivity contribution < 1.29 is 9.53 Å². The molecule has 1 unspecified atom stereocenters. The van der Waals surface area contributed by atoms with Crippen molar-refractivity contribution in [3.8, 4) is 5.88 Å². The molecule has 5 nitrogen and oxygen atoms in total. The molecule has 1 aromatic heterocycles. The molecule has 1 aliphatic carbocycles. The fraction of sp³-hybridized carbons (Fsp3) is 0.667. The van der Waals surface area contributed by atoms with Gasteiger partial charge >= 0.3 is 0 Å². The number of nitrogens with one attached hydrogen (secondary N) is 1. The zero-order chi connectivity index (χ0) is 16.3. The van der Waals surface area contributed by atoms with E-state index in [2.05, 4.69) is 22.2 Å². The maximum absolute atomic E-state index is 12.5. The predicted molar refractivity (Wildman–Crippen MR) is 89.5 cm³/mol. The summed E-state index contributed by atoms with van der Waals surface area (Å²) in [5.74, 6) is 0.851. The van der Waals surface area contributed by atoms with Gasteiger partial charge in [0.15, 0.2) is 0 Å². The Bertz CT molecular complexity index is 557. The Balaban J connectivity index is 1.57. The Hall–Kier alpha value is -1.62. The van der Waals surface area contributed by atoms with Gasteiger partial charge in [-0.3, -0.25) is 4.79 Å². The van der Waals surface area contributed by atoms with Crippen LogP contribution < -0.4 is 10.1 Å². The molecule has 1 saturated carbocycles. The zero-order valence-electron chi connectivity index (χ0n) is 14.2. The maximum Gasteiger partial charge on any atom is 0.222 e. The van der Waals surface area contributed by atoms with Crippen LogP contribution in [-0.2, 0) is 11.2 Å². The van der Waals surface area contributed by atoms with Gasteiger partial charge in [-0.1, -0.05) is 12.5 Å². The molecule has 0 radical (unpaired) electrons. The maximum atomic E-state index is 12.5. The van der Waals surface area contributed by atoms with E-state index in [0.717, 1.165) is 37.8 Å². The summed E-state index contributed by atoms with van der Waals surface area (Å²) < 4.78 is 5.33. The van der Waals surface area contributed by atoms with E-state index in [1.54, 1.807) is 13.3 Å². The first-order valence-corrected chi connectivity index (χ1v) is 8.61. The van der Waals surface area contributed by atoms with Crippen molar-refractivity contribution in [2.24, 2.45) is 0 Å². The summed E-state index contributed by atoms with van der Waals surface area (Å²) in [4.78, 5) is 19.0. The smallest absolute Gasteiger partial charge is 0.222 e. The highest BCUT2D eigenvalue weighted by Gasteiger charge is 2.44. The molecular weight excluding hydrogens is 290 g/mol. The van der Waals surface area contributed by atoms with Gasteiger partial charge in [-0.25, -0.2) is 4.98 Å². The van der Waals surface area contributed by atoms with Crippen molar-refractivity contribution >= 4 is 5.91 Å². The number of aromatic nitrogens is 1. The van der Waals surface area contributed by atoms with E-state index >= 15 is 0 Å². The molecule has 1 aromatic rings. The average Bonchev–Trinajstić information content (AvgIpc) is 3.29. The van der Waals surface area contributed by atoms with E-state index in [4.69, 9.17) is 4.74 Å². The van der Waals surface area contributed by atoms with Crippen molar-refractivity contribution in [3.05, 3.63) is 23.9 Å². The lowest BCUT2D eigenvalue weighted by Gasteiger charge is -2.32. The fourth-order valence-corrected chi connectivity index (χ4v) is 3.57. The van der Waals surface area contributed by atoms with E-state index in [9.17, 15) is 4.79 Å². The Labute approximate surface area is 138 Å². The lowest BCUT2D eigenvalue weighted by atomic mass is 9.99. The Morgan fingerprint density at radius 1 is 1.48 bits per heavy atom. The van der Waals surface area contributed by atoms with Gasteiger partial charge in [-0.15, -0.1) is 0 Å². The van der Waals surface area contributed by atoms with Gasteiger partial charge in [0.05, 0.1) is 7.11 Å². The molecule has 0 bridgehead atoms. The minimum absolute atomic E-state index is 0.0827. The van der Waals surface area contributed by atoms with Gasteiger partial charge in [0.25, 0.3) is 0 Å². The predicted octanol–water partition coefficient (Wildman–Crippen LogP) is 2.16. The highest BCUT2D eigenvalue weighted by Crippen LogP contribution is 2.40. The topological polar surface area (TPSA) is 54.5 Å². The quantitative estimate of drug-likeness (QED) is 0.873. The molecule has 2 aliphatic rings. The normalized spacial score (nSPS) is 23.3. The third kappa shape index (κ3) is 4.02. The first-order chi connectivity index (χ1) is 11.1. The van der Waals surface area contributed by atoms with Crippen LogP contribution in [0.5, 0.6) is 5.88 Å². The molecule has 0 aromatic carbocycles. The number of piperidine rings is 1. The molecule has 2 heterocycles. The molecule has 126 valence electrons. The van der Waals surface area contributed by atoms with Crippen LogP contribution in [0.15, 0.2) is 18.3 Å². The summed E-state index contributed by atoms with van der Waals surface area (Å²) in [5.41, 5.74) is 0.989. The third-order valence-electron chi connectivity index (χ3n) is 5.17. The molecule has 1 aliphatic heterocycles. The highest BCUT2D eigenvalue weighted by molar-refractivity contribution is 5.78. The molecule has 5 heteroatoms. The number of hydrogen-bond donors (Lipinski definition) is 1. The van der Waals surface area contributed by atoms with Crippen molar-refractivity contribution in [2.75, 3.05) is 20.7 Å². The Kier molecular flexibility index (Phi) is 4.85. The molecule has 1 atom stereocenters. The van der Waals surface area contributed by atoms with Crippen LogP contribution in [0.25, 0.3) is 0 Å². The molecule has 1 amide bonds. The van der Waals surface area contributed by atoms with Gasteiger partial charge < -0.3 is 15.0 Å². The van der Waals surface area contributed by atoms with Crippen LogP contribution in [0.2, 0.25) is 0 Å².